The molecule has 2 fully saturated rings. The summed E-state index contributed by atoms with van der Waals surface area (Å²) in [5, 5.41) is 4.01. The molecular weight excluding hydrogens is 168 g/mol. The highest BCUT2D eigenvalue weighted by atomic mass is 16.3. The number of piperidine rings is 1. The summed E-state index contributed by atoms with van der Waals surface area (Å²) in [7, 11) is 0. The highest BCUT2D eigenvalue weighted by Crippen LogP contribution is 2.59. The fourth-order valence-electron chi connectivity index (χ4n) is 2.82. The molecular formula is C9H14N2O2. The molecule has 2 aliphatic rings. The number of nitrogens with zero attached hydrogens (tertiary/aromatic N) is 2. The third kappa shape index (κ3) is 0.700. The molecule has 4 heteroatoms. The van der Waals surface area contributed by atoms with E-state index >= 15 is 0 Å². The average Bonchev–Trinajstić information content (AvgIpc) is 2.32. The van der Waals surface area contributed by atoms with Crippen molar-refractivity contribution in [3.05, 3.63) is 4.91 Å². The maximum atomic E-state index is 11.7. The van der Waals surface area contributed by atoms with E-state index in [4.69, 9.17) is 0 Å². The van der Waals surface area contributed by atoms with Gasteiger partial charge in [0, 0.05) is 11.3 Å². The summed E-state index contributed by atoms with van der Waals surface area (Å²) in [6, 6.07) is 0. The van der Waals surface area contributed by atoms with Gasteiger partial charge in [0.1, 0.15) is 0 Å². The predicted molar refractivity (Wildman–Crippen MR) is 47.6 cm³/mol. The van der Waals surface area contributed by atoms with Crippen LogP contribution in [0.3, 0.4) is 0 Å². The summed E-state index contributed by atoms with van der Waals surface area (Å²) >= 11 is 0. The summed E-state index contributed by atoms with van der Waals surface area (Å²) in [4.78, 5) is 22.2. The van der Waals surface area contributed by atoms with Gasteiger partial charge in [0.05, 0.1) is 10.8 Å². The van der Waals surface area contributed by atoms with Crippen LogP contribution in [0.15, 0.2) is 5.29 Å². The molecule has 1 aliphatic heterocycles. The molecule has 0 aromatic heterocycles. The first-order valence-electron chi connectivity index (χ1n) is 4.62. The first-order valence-corrected chi connectivity index (χ1v) is 4.62. The molecule has 0 spiro atoms. The van der Waals surface area contributed by atoms with Gasteiger partial charge in [0.15, 0.2) is 0 Å². The Morgan fingerprint density at radius 2 is 2.08 bits per heavy atom. The molecule has 1 saturated heterocycles. The van der Waals surface area contributed by atoms with Gasteiger partial charge in [-0.1, -0.05) is 13.8 Å². The Morgan fingerprint density at radius 1 is 1.46 bits per heavy atom. The van der Waals surface area contributed by atoms with Crippen LogP contribution in [-0.2, 0) is 4.79 Å². The number of rotatable bonds is 1. The summed E-state index contributed by atoms with van der Waals surface area (Å²) in [5.74, 6) is -0.0936. The predicted octanol–water partition coefficient (Wildman–Crippen LogP) is 1.70. The Hall–Kier alpha value is -0.930. The lowest BCUT2D eigenvalue weighted by molar-refractivity contribution is -0.136. The van der Waals surface area contributed by atoms with Gasteiger partial charge in [-0.15, -0.1) is 4.91 Å². The molecule has 0 aromatic carbocycles. The zero-order valence-corrected chi connectivity index (χ0v) is 8.20. The Labute approximate surface area is 77.2 Å². The summed E-state index contributed by atoms with van der Waals surface area (Å²) in [6.45, 7) is 6.06. The highest BCUT2D eigenvalue weighted by molar-refractivity contribution is 5.84. The topological polar surface area (TPSA) is 49.7 Å². The number of fused-ring (bicyclic) bond motifs is 2. The van der Waals surface area contributed by atoms with E-state index in [0.29, 0.717) is 0 Å². The molecule has 13 heavy (non-hydrogen) atoms. The van der Waals surface area contributed by atoms with Crippen molar-refractivity contribution < 1.29 is 4.79 Å². The minimum Gasteiger partial charge on any atom is -0.272 e. The van der Waals surface area contributed by atoms with E-state index in [-0.39, 0.29) is 22.8 Å². The van der Waals surface area contributed by atoms with E-state index in [9.17, 15) is 9.70 Å². The summed E-state index contributed by atoms with van der Waals surface area (Å²) in [6.07, 6.45) is 1.79. The number of nitroso groups, excluding NO2 is 1. The zero-order chi connectivity index (χ0) is 9.85. The van der Waals surface area contributed by atoms with Gasteiger partial charge >= 0.3 is 0 Å². The van der Waals surface area contributed by atoms with Crippen LogP contribution in [0, 0.1) is 16.2 Å². The SMILES string of the molecule is CC1(C)[C@H]2CC[C@]1(C)N(N=O)C2=O. The standard InChI is InChI=1S/C9H14N2O2/c1-8(2)6-4-5-9(8,3)11(10-13)7(6)12/h6H,4-5H2,1-3H3/t6-,9-/m0/s1. The summed E-state index contributed by atoms with van der Waals surface area (Å²) < 4.78 is 0. The lowest BCUT2D eigenvalue weighted by atomic mass is 9.75. The van der Waals surface area contributed by atoms with Gasteiger partial charge < -0.3 is 0 Å². The van der Waals surface area contributed by atoms with E-state index in [1.54, 1.807) is 0 Å². The van der Waals surface area contributed by atoms with Crippen LogP contribution in [0.1, 0.15) is 33.6 Å². The normalized spacial score (nSPS) is 41.3. The lowest BCUT2D eigenvalue weighted by Crippen LogP contribution is -2.45. The molecule has 2 atom stereocenters. The minimum absolute atomic E-state index is 0.00444. The minimum atomic E-state index is -0.351. The summed E-state index contributed by atoms with van der Waals surface area (Å²) in [5.41, 5.74) is -0.464. The van der Waals surface area contributed by atoms with Crippen LogP contribution in [0.2, 0.25) is 0 Å². The van der Waals surface area contributed by atoms with Crippen molar-refractivity contribution >= 4 is 5.91 Å². The van der Waals surface area contributed by atoms with Crippen LogP contribution >= 0.6 is 0 Å². The zero-order valence-electron chi connectivity index (χ0n) is 8.20. The first-order chi connectivity index (χ1) is 5.95. The molecule has 0 radical (unpaired) electrons. The molecule has 1 heterocycles. The van der Waals surface area contributed by atoms with Gasteiger partial charge in [-0.3, -0.25) is 4.79 Å². The van der Waals surface area contributed by atoms with Gasteiger partial charge in [-0.05, 0) is 19.8 Å². The third-order valence-corrected chi connectivity index (χ3v) is 4.24. The van der Waals surface area contributed by atoms with Crippen molar-refractivity contribution in [1.29, 1.82) is 0 Å². The second kappa shape index (κ2) is 2.11. The number of hydrogen-bond donors (Lipinski definition) is 0. The van der Waals surface area contributed by atoms with E-state index in [0.717, 1.165) is 17.9 Å². The lowest BCUT2D eigenvalue weighted by Gasteiger charge is -2.35. The van der Waals surface area contributed by atoms with Crippen LogP contribution in [0.5, 0.6) is 0 Å². The fraction of sp³-hybridized carbons (Fsp3) is 0.889. The second-order valence-electron chi connectivity index (χ2n) is 4.82. The monoisotopic (exact) mass is 182 g/mol. The van der Waals surface area contributed by atoms with Crippen molar-refractivity contribution in [2.24, 2.45) is 16.6 Å². The molecule has 4 nitrogen and oxygen atoms in total. The molecule has 0 N–H and O–H groups in total. The number of amides is 1. The molecule has 72 valence electrons. The molecule has 1 amide bonds. The number of hydrogen-bond acceptors (Lipinski definition) is 3. The largest absolute Gasteiger partial charge is 0.272 e. The van der Waals surface area contributed by atoms with E-state index in [1.165, 1.54) is 0 Å². The van der Waals surface area contributed by atoms with Crippen molar-refractivity contribution in [1.82, 2.24) is 5.01 Å². The van der Waals surface area contributed by atoms with Gasteiger partial charge in [0.2, 0.25) is 5.91 Å². The molecule has 0 unspecified atom stereocenters. The van der Waals surface area contributed by atoms with Crippen molar-refractivity contribution in [2.75, 3.05) is 0 Å². The molecule has 2 bridgehead atoms. The first kappa shape index (κ1) is 8.66. The highest BCUT2D eigenvalue weighted by Gasteiger charge is 2.66. The second-order valence-corrected chi connectivity index (χ2v) is 4.82. The smallest absolute Gasteiger partial charge is 0.249 e. The maximum absolute atomic E-state index is 11.7. The van der Waals surface area contributed by atoms with Crippen molar-refractivity contribution in [3.63, 3.8) is 0 Å². The van der Waals surface area contributed by atoms with Crippen molar-refractivity contribution in [2.45, 2.75) is 39.2 Å². The molecule has 0 aromatic rings. The Kier molecular flexibility index (Phi) is 1.40. The molecule has 2 rings (SSSR count). The number of carbonyl (C=O) groups is 1. The van der Waals surface area contributed by atoms with Crippen molar-refractivity contribution in [3.8, 4) is 0 Å². The fourth-order valence-corrected chi connectivity index (χ4v) is 2.82. The average molecular weight is 182 g/mol. The molecule has 1 saturated carbocycles. The van der Waals surface area contributed by atoms with Gasteiger partial charge in [-0.2, -0.15) is 5.01 Å². The van der Waals surface area contributed by atoms with E-state index < -0.39 is 0 Å². The third-order valence-electron chi connectivity index (χ3n) is 4.24. The molecule has 1 aliphatic carbocycles. The quantitative estimate of drug-likeness (QED) is 0.579. The maximum Gasteiger partial charge on any atom is 0.249 e. The van der Waals surface area contributed by atoms with Crippen LogP contribution in [0.4, 0.5) is 0 Å². The number of carbonyl (C=O) groups excluding carboxylic acids is 1. The Morgan fingerprint density at radius 3 is 2.38 bits per heavy atom. The Bertz CT molecular complexity index is 287. The van der Waals surface area contributed by atoms with Gasteiger partial charge in [-0.25, -0.2) is 0 Å². The Balaban J connectivity index is 2.51. The van der Waals surface area contributed by atoms with Gasteiger partial charge in [0.25, 0.3) is 0 Å². The van der Waals surface area contributed by atoms with Crippen LogP contribution in [0.25, 0.3) is 0 Å². The van der Waals surface area contributed by atoms with E-state index in [1.807, 2.05) is 20.8 Å². The van der Waals surface area contributed by atoms with Crippen LogP contribution in [-0.4, -0.2) is 16.5 Å². The van der Waals surface area contributed by atoms with E-state index in [2.05, 4.69) is 5.29 Å². The van der Waals surface area contributed by atoms with Crippen LogP contribution < -0.4 is 0 Å².